The summed E-state index contributed by atoms with van der Waals surface area (Å²) in [5.41, 5.74) is 0.712. The maximum atomic E-state index is 13.2. The molecule has 0 aromatic heterocycles. The lowest BCUT2D eigenvalue weighted by molar-refractivity contribution is -0.156. The van der Waals surface area contributed by atoms with Crippen LogP contribution >= 0.6 is 0 Å². The molecule has 2 rings (SSSR count). The summed E-state index contributed by atoms with van der Waals surface area (Å²) in [5, 5.41) is 2.76. The van der Waals surface area contributed by atoms with Crippen molar-refractivity contribution < 1.29 is 14.0 Å². The average Bonchev–Trinajstić information content (AvgIpc) is 2.41. The monoisotopic (exact) mass is 292 g/mol. The minimum absolute atomic E-state index is 0.0918. The standard InChI is InChI=1S/C16H21FN2O2/c1-5-13-14(20)19(16(3,4)15(21)18-13)9-11-6-7-12(17)8-10(11)2/h6-8,13H,5,9H2,1-4H3,(H,18,21). The molecule has 1 aromatic rings. The van der Waals surface area contributed by atoms with Gasteiger partial charge in [-0.05, 0) is 50.5 Å². The first-order valence-corrected chi connectivity index (χ1v) is 7.14. The zero-order valence-corrected chi connectivity index (χ0v) is 12.9. The second-order valence-electron chi connectivity index (χ2n) is 5.99. The van der Waals surface area contributed by atoms with Crippen molar-refractivity contribution in [1.29, 1.82) is 0 Å². The molecule has 1 aromatic carbocycles. The normalized spacial score (nSPS) is 21.4. The molecule has 114 valence electrons. The SMILES string of the molecule is CCC1NC(=O)C(C)(C)N(Cc2ccc(F)cc2C)C1=O. The molecule has 1 unspecified atom stereocenters. The van der Waals surface area contributed by atoms with Crippen LogP contribution in [-0.4, -0.2) is 28.3 Å². The van der Waals surface area contributed by atoms with E-state index in [0.29, 0.717) is 13.0 Å². The van der Waals surface area contributed by atoms with Gasteiger partial charge in [0.1, 0.15) is 17.4 Å². The molecule has 1 fully saturated rings. The van der Waals surface area contributed by atoms with Crippen LogP contribution in [0.4, 0.5) is 4.39 Å². The van der Waals surface area contributed by atoms with E-state index in [1.807, 2.05) is 6.92 Å². The molecule has 0 aliphatic carbocycles. The van der Waals surface area contributed by atoms with E-state index < -0.39 is 11.6 Å². The van der Waals surface area contributed by atoms with Gasteiger partial charge in [0, 0.05) is 6.54 Å². The Bertz CT molecular complexity index is 584. The van der Waals surface area contributed by atoms with Crippen LogP contribution in [0.2, 0.25) is 0 Å². The van der Waals surface area contributed by atoms with E-state index in [9.17, 15) is 14.0 Å². The molecule has 1 saturated heterocycles. The minimum Gasteiger partial charge on any atom is -0.342 e. The molecule has 1 atom stereocenters. The van der Waals surface area contributed by atoms with Gasteiger partial charge in [0.05, 0.1) is 0 Å². The van der Waals surface area contributed by atoms with Gasteiger partial charge in [0.15, 0.2) is 0 Å². The van der Waals surface area contributed by atoms with Gasteiger partial charge in [0.25, 0.3) is 0 Å². The molecular weight excluding hydrogens is 271 g/mol. The summed E-state index contributed by atoms with van der Waals surface area (Å²) in [6, 6.07) is 4.00. The summed E-state index contributed by atoms with van der Waals surface area (Å²) in [7, 11) is 0. The molecular formula is C16H21FN2O2. The Balaban J connectivity index is 2.34. The number of carbonyl (C=O) groups excluding carboxylic acids is 2. The number of halogens is 1. The van der Waals surface area contributed by atoms with E-state index in [4.69, 9.17) is 0 Å². The number of aryl methyl sites for hydroxylation is 1. The van der Waals surface area contributed by atoms with Gasteiger partial charge in [-0.2, -0.15) is 0 Å². The second kappa shape index (κ2) is 5.47. The summed E-state index contributed by atoms with van der Waals surface area (Å²) >= 11 is 0. The van der Waals surface area contributed by atoms with Gasteiger partial charge < -0.3 is 10.2 Å². The lowest BCUT2D eigenvalue weighted by Crippen LogP contribution is -2.67. The second-order valence-corrected chi connectivity index (χ2v) is 5.99. The number of rotatable bonds is 3. The maximum Gasteiger partial charge on any atom is 0.246 e. The van der Waals surface area contributed by atoms with E-state index in [0.717, 1.165) is 11.1 Å². The van der Waals surface area contributed by atoms with Gasteiger partial charge in [-0.15, -0.1) is 0 Å². The molecule has 0 bridgehead atoms. The van der Waals surface area contributed by atoms with Gasteiger partial charge >= 0.3 is 0 Å². The van der Waals surface area contributed by atoms with Crippen molar-refractivity contribution in [1.82, 2.24) is 10.2 Å². The van der Waals surface area contributed by atoms with Gasteiger partial charge in [-0.25, -0.2) is 4.39 Å². The van der Waals surface area contributed by atoms with Crippen LogP contribution in [0.15, 0.2) is 18.2 Å². The van der Waals surface area contributed by atoms with E-state index in [-0.39, 0.29) is 17.6 Å². The first kappa shape index (κ1) is 15.5. The average molecular weight is 292 g/mol. The smallest absolute Gasteiger partial charge is 0.246 e. The Hall–Kier alpha value is -1.91. The number of hydrogen-bond donors (Lipinski definition) is 1. The maximum absolute atomic E-state index is 13.2. The van der Waals surface area contributed by atoms with Crippen LogP contribution < -0.4 is 5.32 Å². The lowest BCUT2D eigenvalue weighted by Gasteiger charge is -2.44. The summed E-state index contributed by atoms with van der Waals surface area (Å²) in [4.78, 5) is 26.3. The Morgan fingerprint density at radius 2 is 2.00 bits per heavy atom. The molecule has 0 radical (unpaired) electrons. The largest absolute Gasteiger partial charge is 0.342 e. The summed E-state index contributed by atoms with van der Waals surface area (Å²) < 4.78 is 13.2. The quantitative estimate of drug-likeness (QED) is 0.928. The third-order valence-corrected chi connectivity index (χ3v) is 4.14. The Morgan fingerprint density at radius 1 is 1.33 bits per heavy atom. The number of nitrogens with one attached hydrogen (secondary N) is 1. The number of carbonyl (C=O) groups is 2. The third kappa shape index (κ3) is 2.77. The van der Waals surface area contributed by atoms with Crippen molar-refractivity contribution in [2.45, 2.75) is 52.2 Å². The van der Waals surface area contributed by atoms with Crippen LogP contribution in [0, 0.1) is 12.7 Å². The molecule has 1 aliphatic heterocycles. The van der Waals surface area contributed by atoms with Crippen molar-refractivity contribution in [2.24, 2.45) is 0 Å². The third-order valence-electron chi connectivity index (χ3n) is 4.14. The lowest BCUT2D eigenvalue weighted by atomic mass is 9.93. The van der Waals surface area contributed by atoms with Crippen molar-refractivity contribution >= 4 is 11.8 Å². The molecule has 5 heteroatoms. The zero-order chi connectivity index (χ0) is 15.8. The van der Waals surface area contributed by atoms with E-state index in [1.165, 1.54) is 12.1 Å². The predicted molar refractivity (Wildman–Crippen MR) is 78.0 cm³/mol. The summed E-state index contributed by atoms with van der Waals surface area (Å²) in [6.45, 7) is 7.43. The fourth-order valence-electron chi connectivity index (χ4n) is 2.54. The van der Waals surface area contributed by atoms with E-state index in [2.05, 4.69) is 5.32 Å². The van der Waals surface area contributed by atoms with Crippen LogP contribution in [0.3, 0.4) is 0 Å². The molecule has 1 heterocycles. The Kier molecular flexibility index (Phi) is 4.03. The van der Waals surface area contributed by atoms with E-state index >= 15 is 0 Å². The van der Waals surface area contributed by atoms with Crippen LogP contribution in [0.5, 0.6) is 0 Å². The Morgan fingerprint density at radius 3 is 2.57 bits per heavy atom. The number of hydrogen-bond acceptors (Lipinski definition) is 2. The fraction of sp³-hybridized carbons (Fsp3) is 0.500. The molecule has 1 N–H and O–H groups in total. The molecule has 1 aliphatic rings. The number of benzene rings is 1. The van der Waals surface area contributed by atoms with Crippen LogP contribution in [0.1, 0.15) is 38.3 Å². The summed E-state index contributed by atoms with van der Waals surface area (Å²) in [6.07, 6.45) is 0.555. The summed E-state index contributed by atoms with van der Waals surface area (Å²) in [5.74, 6) is -0.552. The number of piperazine rings is 1. The number of nitrogens with zero attached hydrogens (tertiary/aromatic N) is 1. The Labute approximate surface area is 124 Å². The molecule has 0 spiro atoms. The molecule has 21 heavy (non-hydrogen) atoms. The highest BCUT2D eigenvalue weighted by atomic mass is 19.1. The highest BCUT2D eigenvalue weighted by Crippen LogP contribution is 2.25. The van der Waals surface area contributed by atoms with Crippen LogP contribution in [-0.2, 0) is 16.1 Å². The highest BCUT2D eigenvalue weighted by molar-refractivity contribution is 5.99. The fourth-order valence-corrected chi connectivity index (χ4v) is 2.54. The minimum atomic E-state index is -0.913. The van der Waals surface area contributed by atoms with Gasteiger partial charge in [-0.3, -0.25) is 9.59 Å². The molecule has 2 amide bonds. The first-order chi connectivity index (χ1) is 9.77. The van der Waals surface area contributed by atoms with E-state index in [1.54, 1.807) is 31.7 Å². The van der Waals surface area contributed by atoms with Crippen molar-refractivity contribution in [3.8, 4) is 0 Å². The number of amides is 2. The van der Waals surface area contributed by atoms with Crippen molar-refractivity contribution in [3.05, 3.63) is 35.1 Å². The van der Waals surface area contributed by atoms with Crippen LogP contribution in [0.25, 0.3) is 0 Å². The first-order valence-electron chi connectivity index (χ1n) is 7.14. The van der Waals surface area contributed by atoms with Gasteiger partial charge in [-0.1, -0.05) is 13.0 Å². The molecule has 0 saturated carbocycles. The highest BCUT2D eigenvalue weighted by Gasteiger charge is 2.45. The predicted octanol–water partition coefficient (Wildman–Crippen LogP) is 2.15. The zero-order valence-electron chi connectivity index (χ0n) is 12.9. The van der Waals surface area contributed by atoms with Gasteiger partial charge in [0.2, 0.25) is 11.8 Å². The topological polar surface area (TPSA) is 49.4 Å². The van der Waals surface area contributed by atoms with Crippen molar-refractivity contribution in [3.63, 3.8) is 0 Å². The molecule has 4 nitrogen and oxygen atoms in total. The van der Waals surface area contributed by atoms with Crippen molar-refractivity contribution in [2.75, 3.05) is 0 Å².